The van der Waals surface area contributed by atoms with E-state index in [1.54, 1.807) is 6.07 Å². The van der Waals surface area contributed by atoms with Crippen LogP contribution in [0.25, 0.3) is 11.3 Å². The number of nitrogens with zero attached hydrogens (tertiary/aromatic N) is 3. The molecule has 1 aliphatic heterocycles. The van der Waals surface area contributed by atoms with Crippen LogP contribution in [0, 0.1) is 0 Å². The Morgan fingerprint density at radius 3 is 2.53 bits per heavy atom. The molecule has 4 nitrogen and oxygen atoms in total. The van der Waals surface area contributed by atoms with Crippen LogP contribution >= 0.6 is 0 Å². The molecule has 3 aromatic rings. The summed E-state index contributed by atoms with van der Waals surface area (Å²) in [6.07, 6.45) is 4.95. The van der Waals surface area contributed by atoms with E-state index >= 15 is 0 Å². The van der Waals surface area contributed by atoms with Gasteiger partial charge in [-0.1, -0.05) is 24.6 Å². The van der Waals surface area contributed by atoms with Crippen LogP contribution in [0.3, 0.4) is 0 Å². The number of alkyl halides is 3. The lowest BCUT2D eigenvalue weighted by Crippen LogP contribution is -2.29. The average Bonchev–Trinajstić information content (AvgIpc) is 2.85. The Balaban J connectivity index is 1.47. The van der Waals surface area contributed by atoms with E-state index in [0.717, 1.165) is 56.1 Å². The van der Waals surface area contributed by atoms with Gasteiger partial charge in [-0.3, -0.25) is 4.90 Å². The minimum Gasteiger partial charge on any atom is -0.340 e. The van der Waals surface area contributed by atoms with Crippen LogP contribution in [0.1, 0.15) is 54.4 Å². The zero-order chi connectivity index (χ0) is 23.5. The SMILES string of the molecule is FC(F)(F)c1ccc(-c2cc(Nc3cccc4c3CCCC4)ncn2)c(CN2CCCCC2)c1. The summed E-state index contributed by atoms with van der Waals surface area (Å²) in [7, 11) is 0. The molecule has 0 saturated carbocycles. The van der Waals surface area contributed by atoms with Crippen molar-refractivity contribution < 1.29 is 13.2 Å². The van der Waals surface area contributed by atoms with Crippen LogP contribution in [-0.2, 0) is 25.6 Å². The van der Waals surface area contributed by atoms with Crippen LogP contribution in [0.5, 0.6) is 0 Å². The van der Waals surface area contributed by atoms with Crippen LogP contribution < -0.4 is 5.32 Å². The van der Waals surface area contributed by atoms with Gasteiger partial charge in [0.25, 0.3) is 0 Å². The van der Waals surface area contributed by atoms with E-state index in [2.05, 4.69) is 38.4 Å². The fraction of sp³-hybridized carbons (Fsp3) is 0.407. The van der Waals surface area contributed by atoms with Crippen LogP contribution in [0.4, 0.5) is 24.7 Å². The number of nitrogens with one attached hydrogen (secondary N) is 1. The molecule has 0 unspecified atom stereocenters. The lowest BCUT2D eigenvalue weighted by molar-refractivity contribution is -0.137. The molecule has 1 fully saturated rings. The fourth-order valence-corrected chi connectivity index (χ4v) is 5.12. The molecule has 0 radical (unpaired) electrons. The normalized spacial score (nSPS) is 16.8. The molecule has 1 saturated heterocycles. The third-order valence-corrected chi connectivity index (χ3v) is 6.88. The highest BCUT2D eigenvalue weighted by molar-refractivity contribution is 5.70. The summed E-state index contributed by atoms with van der Waals surface area (Å²) >= 11 is 0. The van der Waals surface area contributed by atoms with Gasteiger partial charge in [-0.25, -0.2) is 9.97 Å². The summed E-state index contributed by atoms with van der Waals surface area (Å²) in [6, 6.07) is 12.1. The number of halogens is 3. The quantitative estimate of drug-likeness (QED) is 0.451. The molecule has 1 aromatic heterocycles. The highest BCUT2D eigenvalue weighted by atomic mass is 19.4. The summed E-state index contributed by atoms with van der Waals surface area (Å²) in [6.45, 7) is 2.30. The van der Waals surface area contributed by atoms with E-state index in [0.29, 0.717) is 23.6 Å². The number of piperidine rings is 1. The van der Waals surface area contributed by atoms with Crippen molar-refractivity contribution in [1.29, 1.82) is 0 Å². The standard InChI is InChI=1S/C27H29F3N4/c28-27(29,30)21-11-12-23(20(15-21)17-34-13-4-1-5-14-34)25-16-26(32-18-31-25)33-24-10-6-8-19-7-2-3-9-22(19)24/h6,8,10-12,15-16,18H,1-5,7,9,13-14,17H2,(H,31,32,33). The minimum atomic E-state index is -4.38. The van der Waals surface area contributed by atoms with E-state index in [1.807, 2.05) is 6.07 Å². The van der Waals surface area contributed by atoms with Crippen molar-refractivity contribution in [2.45, 2.75) is 57.7 Å². The largest absolute Gasteiger partial charge is 0.416 e. The molecule has 2 aromatic carbocycles. The number of rotatable bonds is 5. The zero-order valence-electron chi connectivity index (χ0n) is 19.2. The highest BCUT2D eigenvalue weighted by Crippen LogP contribution is 2.35. The predicted octanol–water partition coefficient (Wildman–Crippen LogP) is 6.77. The molecule has 178 valence electrons. The van der Waals surface area contributed by atoms with Gasteiger partial charge in [0.15, 0.2) is 0 Å². The van der Waals surface area contributed by atoms with Gasteiger partial charge in [0.2, 0.25) is 0 Å². The number of aryl methyl sites for hydroxylation is 1. The number of anilines is 2. The summed E-state index contributed by atoms with van der Waals surface area (Å²) in [5.41, 5.74) is 5.13. The maximum Gasteiger partial charge on any atom is 0.416 e. The number of hydrogen-bond donors (Lipinski definition) is 1. The van der Waals surface area contributed by atoms with E-state index in [4.69, 9.17) is 0 Å². The highest BCUT2D eigenvalue weighted by Gasteiger charge is 2.31. The fourth-order valence-electron chi connectivity index (χ4n) is 5.12. The molecule has 2 aliphatic rings. The van der Waals surface area contributed by atoms with E-state index in [9.17, 15) is 13.2 Å². The maximum absolute atomic E-state index is 13.5. The molecule has 0 amide bonds. The maximum atomic E-state index is 13.5. The van der Waals surface area contributed by atoms with Gasteiger partial charge in [0.1, 0.15) is 12.1 Å². The van der Waals surface area contributed by atoms with E-state index < -0.39 is 11.7 Å². The number of fused-ring (bicyclic) bond motifs is 1. The molecule has 7 heteroatoms. The van der Waals surface area contributed by atoms with Crippen molar-refractivity contribution in [3.63, 3.8) is 0 Å². The van der Waals surface area contributed by atoms with Crippen LogP contribution in [-0.4, -0.2) is 28.0 Å². The van der Waals surface area contributed by atoms with Crippen molar-refractivity contribution in [2.75, 3.05) is 18.4 Å². The Hall–Kier alpha value is -2.93. The van der Waals surface area contributed by atoms with Crippen LogP contribution in [0.15, 0.2) is 48.8 Å². The molecule has 5 rings (SSSR count). The first-order chi connectivity index (χ1) is 16.5. The molecule has 1 aliphatic carbocycles. The molecule has 0 spiro atoms. The monoisotopic (exact) mass is 466 g/mol. The Morgan fingerprint density at radius 2 is 1.71 bits per heavy atom. The first-order valence-corrected chi connectivity index (χ1v) is 12.1. The lowest BCUT2D eigenvalue weighted by atomic mass is 9.90. The predicted molar refractivity (Wildman–Crippen MR) is 128 cm³/mol. The van der Waals surface area contributed by atoms with Crippen molar-refractivity contribution in [3.8, 4) is 11.3 Å². The Kier molecular flexibility index (Phi) is 6.55. The lowest BCUT2D eigenvalue weighted by Gasteiger charge is -2.27. The van der Waals surface area contributed by atoms with Crippen molar-refractivity contribution in [1.82, 2.24) is 14.9 Å². The second-order valence-electron chi connectivity index (χ2n) is 9.27. The molecule has 1 N–H and O–H groups in total. The summed E-state index contributed by atoms with van der Waals surface area (Å²) in [5.74, 6) is 0.646. The molecular formula is C27H29F3N4. The minimum absolute atomic E-state index is 0.484. The Labute approximate surface area is 198 Å². The third kappa shape index (κ3) is 5.09. The van der Waals surface area contributed by atoms with Gasteiger partial charge in [0.05, 0.1) is 11.3 Å². The second-order valence-corrected chi connectivity index (χ2v) is 9.27. The van der Waals surface area contributed by atoms with Gasteiger partial charge in [-0.2, -0.15) is 13.2 Å². The van der Waals surface area contributed by atoms with Crippen molar-refractivity contribution >= 4 is 11.5 Å². The third-order valence-electron chi connectivity index (χ3n) is 6.88. The van der Waals surface area contributed by atoms with Gasteiger partial charge in [-0.05, 0) is 86.5 Å². The van der Waals surface area contributed by atoms with Gasteiger partial charge in [-0.15, -0.1) is 0 Å². The number of benzene rings is 2. The van der Waals surface area contributed by atoms with Crippen molar-refractivity contribution in [3.05, 3.63) is 71.0 Å². The topological polar surface area (TPSA) is 41.1 Å². The van der Waals surface area contributed by atoms with Gasteiger partial charge in [0, 0.05) is 23.9 Å². The van der Waals surface area contributed by atoms with Crippen molar-refractivity contribution in [2.24, 2.45) is 0 Å². The van der Waals surface area contributed by atoms with E-state index in [1.165, 1.54) is 42.8 Å². The molecule has 2 heterocycles. The second kappa shape index (κ2) is 9.74. The summed E-state index contributed by atoms with van der Waals surface area (Å²) in [5, 5.41) is 3.44. The Morgan fingerprint density at radius 1 is 0.882 bits per heavy atom. The van der Waals surface area contributed by atoms with Gasteiger partial charge >= 0.3 is 6.18 Å². The molecular weight excluding hydrogens is 437 g/mol. The van der Waals surface area contributed by atoms with Gasteiger partial charge < -0.3 is 5.32 Å². The number of likely N-dealkylation sites (tertiary alicyclic amines) is 1. The molecule has 0 atom stereocenters. The average molecular weight is 467 g/mol. The first-order valence-electron chi connectivity index (χ1n) is 12.1. The van der Waals surface area contributed by atoms with E-state index in [-0.39, 0.29) is 0 Å². The number of hydrogen-bond acceptors (Lipinski definition) is 4. The first kappa shape index (κ1) is 22.8. The smallest absolute Gasteiger partial charge is 0.340 e. The Bertz CT molecular complexity index is 1150. The van der Waals surface area contributed by atoms with Crippen LogP contribution in [0.2, 0.25) is 0 Å². The molecule has 0 bridgehead atoms. The summed E-state index contributed by atoms with van der Waals surface area (Å²) in [4.78, 5) is 11.1. The molecule has 34 heavy (non-hydrogen) atoms. The zero-order valence-corrected chi connectivity index (χ0v) is 19.2. The number of aromatic nitrogens is 2. The summed E-state index contributed by atoms with van der Waals surface area (Å²) < 4.78 is 40.4.